The highest BCUT2D eigenvalue weighted by molar-refractivity contribution is 5.94. The van der Waals surface area contributed by atoms with Crippen molar-refractivity contribution in [1.29, 1.82) is 0 Å². The highest BCUT2D eigenvalue weighted by Crippen LogP contribution is 2.00. The first kappa shape index (κ1) is 22.3. The van der Waals surface area contributed by atoms with E-state index in [0.29, 0.717) is 0 Å². The summed E-state index contributed by atoms with van der Waals surface area (Å²) in [7, 11) is 0. The lowest BCUT2D eigenvalue weighted by Crippen LogP contribution is -2.55. The molecule has 0 aliphatic carbocycles. The van der Waals surface area contributed by atoms with Crippen LogP contribution >= 0.6 is 0 Å². The van der Waals surface area contributed by atoms with Gasteiger partial charge in [-0.2, -0.15) is 0 Å². The van der Waals surface area contributed by atoms with Crippen LogP contribution < -0.4 is 27.4 Å². The molecule has 142 valence electrons. The highest BCUT2D eigenvalue weighted by atomic mass is 16.4. The smallest absolute Gasteiger partial charge is 0.325 e. The normalized spacial score (nSPS) is 15.2. The molecule has 8 N–H and O–H groups in total. The summed E-state index contributed by atoms with van der Waals surface area (Å²) in [6.07, 6.45) is -0.312. The molecule has 0 rings (SSSR count). The van der Waals surface area contributed by atoms with Gasteiger partial charge in [0, 0.05) is 6.42 Å². The van der Waals surface area contributed by atoms with Gasteiger partial charge in [0.15, 0.2) is 0 Å². The van der Waals surface area contributed by atoms with Crippen LogP contribution in [0.25, 0.3) is 0 Å². The lowest BCUT2D eigenvalue weighted by atomic mass is 10.1. The van der Waals surface area contributed by atoms with E-state index in [2.05, 4.69) is 16.0 Å². The largest absolute Gasteiger partial charge is 0.480 e. The second-order valence-corrected chi connectivity index (χ2v) is 5.65. The van der Waals surface area contributed by atoms with Crippen LogP contribution in [0.2, 0.25) is 0 Å². The molecular weight excluding hydrogens is 334 g/mol. The maximum Gasteiger partial charge on any atom is 0.325 e. The van der Waals surface area contributed by atoms with Crippen molar-refractivity contribution in [2.45, 2.75) is 57.8 Å². The van der Waals surface area contributed by atoms with Crippen LogP contribution in [-0.4, -0.2) is 58.9 Å². The Morgan fingerprint density at radius 2 is 1.40 bits per heavy atom. The second kappa shape index (κ2) is 10.2. The van der Waals surface area contributed by atoms with Crippen molar-refractivity contribution in [2.24, 2.45) is 11.5 Å². The van der Waals surface area contributed by atoms with Crippen LogP contribution in [0.1, 0.15) is 33.6 Å². The molecule has 0 spiro atoms. The predicted octanol–water partition coefficient (Wildman–Crippen LogP) is -2.82. The summed E-state index contributed by atoms with van der Waals surface area (Å²) >= 11 is 0. The summed E-state index contributed by atoms with van der Waals surface area (Å²) < 4.78 is 0. The lowest BCUT2D eigenvalue weighted by Gasteiger charge is -2.22. The minimum Gasteiger partial charge on any atom is -0.480 e. The fourth-order valence-corrected chi connectivity index (χ4v) is 1.64. The van der Waals surface area contributed by atoms with Crippen LogP contribution in [0, 0.1) is 0 Å². The zero-order chi connectivity index (χ0) is 19.7. The third-order valence-corrected chi connectivity index (χ3v) is 3.21. The number of amides is 4. The fraction of sp³-hybridized carbons (Fsp3) is 0.643. The molecule has 0 aromatic heterocycles. The molecular formula is C14H25N5O6. The first-order chi connectivity index (χ1) is 11.5. The predicted molar refractivity (Wildman–Crippen MR) is 86.9 cm³/mol. The summed E-state index contributed by atoms with van der Waals surface area (Å²) in [5, 5.41) is 15.7. The van der Waals surface area contributed by atoms with Crippen molar-refractivity contribution in [1.82, 2.24) is 16.0 Å². The van der Waals surface area contributed by atoms with Crippen LogP contribution in [0.3, 0.4) is 0 Å². The van der Waals surface area contributed by atoms with Gasteiger partial charge in [-0.1, -0.05) is 0 Å². The number of rotatable bonds is 10. The maximum atomic E-state index is 12.1. The van der Waals surface area contributed by atoms with Gasteiger partial charge in [-0.25, -0.2) is 0 Å². The fourth-order valence-electron chi connectivity index (χ4n) is 1.64. The Kier molecular flexibility index (Phi) is 9.13. The summed E-state index contributed by atoms with van der Waals surface area (Å²) in [4.78, 5) is 57.4. The van der Waals surface area contributed by atoms with Gasteiger partial charge in [-0.15, -0.1) is 0 Å². The average molecular weight is 359 g/mol. The molecule has 0 aliphatic rings. The standard InChI is InChI=1S/C14H25N5O6/c1-6(15)11(21)17-7(2)12(22)19-9(4-5-10(16)20)13(23)18-8(3)14(24)25/h6-9H,4-5,15H2,1-3H3,(H2,16,20)(H,17,21)(H,18,23)(H,19,22)(H,24,25). The van der Waals surface area contributed by atoms with Gasteiger partial charge < -0.3 is 32.5 Å². The zero-order valence-corrected chi connectivity index (χ0v) is 14.4. The summed E-state index contributed by atoms with van der Waals surface area (Å²) in [5.41, 5.74) is 10.4. The van der Waals surface area contributed by atoms with E-state index in [-0.39, 0.29) is 12.8 Å². The van der Waals surface area contributed by atoms with E-state index >= 15 is 0 Å². The van der Waals surface area contributed by atoms with Crippen molar-refractivity contribution in [3.8, 4) is 0 Å². The quantitative estimate of drug-likeness (QED) is 0.242. The number of carbonyl (C=O) groups is 5. The van der Waals surface area contributed by atoms with E-state index in [4.69, 9.17) is 16.6 Å². The van der Waals surface area contributed by atoms with Crippen LogP contribution in [0.4, 0.5) is 0 Å². The van der Waals surface area contributed by atoms with E-state index in [1.807, 2.05) is 0 Å². The van der Waals surface area contributed by atoms with Crippen LogP contribution in [-0.2, 0) is 24.0 Å². The van der Waals surface area contributed by atoms with E-state index in [1.165, 1.54) is 20.8 Å². The third-order valence-electron chi connectivity index (χ3n) is 3.21. The molecule has 4 atom stereocenters. The van der Waals surface area contributed by atoms with Crippen LogP contribution in [0.15, 0.2) is 0 Å². The summed E-state index contributed by atoms with van der Waals surface area (Å²) in [6.45, 7) is 4.08. The Hall–Kier alpha value is -2.69. The van der Waals surface area contributed by atoms with E-state index in [9.17, 15) is 24.0 Å². The number of carbonyl (C=O) groups excluding carboxylic acids is 4. The third kappa shape index (κ3) is 8.65. The van der Waals surface area contributed by atoms with Gasteiger partial charge in [-0.3, -0.25) is 24.0 Å². The molecule has 0 aromatic carbocycles. The molecule has 0 heterocycles. The monoisotopic (exact) mass is 359 g/mol. The Bertz CT molecular complexity index is 536. The molecule has 0 fully saturated rings. The van der Waals surface area contributed by atoms with Crippen molar-refractivity contribution in [2.75, 3.05) is 0 Å². The molecule has 0 aromatic rings. The molecule has 0 radical (unpaired) electrons. The Labute approximate surface area is 144 Å². The SMILES string of the molecule is CC(N)C(=O)NC(C)C(=O)NC(CCC(N)=O)C(=O)NC(C)C(=O)O. The molecule has 4 unspecified atom stereocenters. The first-order valence-corrected chi connectivity index (χ1v) is 7.63. The number of hydrogen-bond acceptors (Lipinski definition) is 6. The molecule has 11 nitrogen and oxygen atoms in total. The summed E-state index contributed by atoms with van der Waals surface area (Å²) in [5.74, 6) is -3.97. The minimum atomic E-state index is -1.26. The number of carboxylic acids is 1. The van der Waals surface area contributed by atoms with Crippen LogP contribution in [0.5, 0.6) is 0 Å². The molecule has 0 saturated heterocycles. The van der Waals surface area contributed by atoms with Gasteiger partial charge in [0.2, 0.25) is 23.6 Å². The van der Waals surface area contributed by atoms with Crippen molar-refractivity contribution >= 4 is 29.6 Å². The first-order valence-electron chi connectivity index (χ1n) is 7.63. The van der Waals surface area contributed by atoms with Crippen molar-refractivity contribution in [3.05, 3.63) is 0 Å². The lowest BCUT2D eigenvalue weighted by molar-refractivity contribution is -0.142. The summed E-state index contributed by atoms with van der Waals surface area (Å²) in [6, 6.07) is -4.17. The zero-order valence-electron chi connectivity index (χ0n) is 14.4. The maximum absolute atomic E-state index is 12.1. The molecule has 11 heteroatoms. The molecule has 0 aliphatic heterocycles. The second-order valence-electron chi connectivity index (χ2n) is 5.65. The van der Waals surface area contributed by atoms with Gasteiger partial charge >= 0.3 is 5.97 Å². The van der Waals surface area contributed by atoms with Gasteiger partial charge in [0.25, 0.3) is 0 Å². The number of aliphatic carboxylic acids is 1. The minimum absolute atomic E-state index is 0.118. The Morgan fingerprint density at radius 3 is 1.84 bits per heavy atom. The van der Waals surface area contributed by atoms with Gasteiger partial charge in [0.05, 0.1) is 6.04 Å². The van der Waals surface area contributed by atoms with E-state index < -0.39 is 53.8 Å². The van der Waals surface area contributed by atoms with Crippen molar-refractivity contribution in [3.63, 3.8) is 0 Å². The number of carboxylic acid groups (broad SMARTS) is 1. The molecule has 0 bridgehead atoms. The highest BCUT2D eigenvalue weighted by Gasteiger charge is 2.27. The van der Waals surface area contributed by atoms with Gasteiger partial charge in [0.1, 0.15) is 18.1 Å². The molecule has 0 saturated carbocycles. The topological polar surface area (TPSA) is 194 Å². The Morgan fingerprint density at radius 1 is 0.880 bits per heavy atom. The number of nitrogens with one attached hydrogen (secondary N) is 3. The number of hydrogen-bond donors (Lipinski definition) is 6. The van der Waals surface area contributed by atoms with Gasteiger partial charge in [-0.05, 0) is 27.2 Å². The average Bonchev–Trinajstić information content (AvgIpc) is 2.50. The Balaban J connectivity index is 4.94. The number of primary amides is 1. The molecule has 25 heavy (non-hydrogen) atoms. The van der Waals surface area contributed by atoms with E-state index in [0.717, 1.165) is 0 Å². The molecule has 4 amide bonds. The van der Waals surface area contributed by atoms with Crippen molar-refractivity contribution < 1.29 is 29.1 Å². The number of nitrogens with two attached hydrogens (primary N) is 2. The van der Waals surface area contributed by atoms with E-state index in [1.54, 1.807) is 0 Å².